The molecule has 4 aromatic rings. The van der Waals surface area contributed by atoms with Crippen molar-refractivity contribution in [3.8, 4) is 11.4 Å². The van der Waals surface area contributed by atoms with Crippen LogP contribution in [-0.2, 0) is 17.5 Å². The summed E-state index contributed by atoms with van der Waals surface area (Å²) in [6, 6.07) is 17.3. The molecule has 9 heteroatoms. The largest absolute Gasteiger partial charge is 0.493 e. The molecular formula is C26H22F3N3O3. The fourth-order valence-corrected chi connectivity index (χ4v) is 4.53. The minimum atomic E-state index is -4.61. The van der Waals surface area contributed by atoms with Crippen LogP contribution in [0, 0.1) is 6.92 Å². The first-order chi connectivity index (χ1) is 16.7. The zero-order valence-electron chi connectivity index (χ0n) is 18.8. The average molecular weight is 481 g/mol. The summed E-state index contributed by atoms with van der Waals surface area (Å²) in [5.74, 6) is -1.36. The lowest BCUT2D eigenvalue weighted by Gasteiger charge is -2.17. The molecule has 3 aromatic carbocycles. The number of aliphatic carboxylic acids is 1. The van der Waals surface area contributed by atoms with E-state index in [0.29, 0.717) is 35.7 Å². The maximum atomic E-state index is 13.8. The van der Waals surface area contributed by atoms with E-state index in [-0.39, 0.29) is 17.9 Å². The molecule has 1 unspecified atom stereocenters. The van der Waals surface area contributed by atoms with Crippen molar-refractivity contribution in [3.63, 3.8) is 0 Å². The Hall–Kier alpha value is -4.01. The van der Waals surface area contributed by atoms with Crippen molar-refractivity contribution in [1.82, 2.24) is 9.55 Å². The van der Waals surface area contributed by atoms with E-state index in [1.165, 1.54) is 4.57 Å². The van der Waals surface area contributed by atoms with Crippen molar-refractivity contribution in [3.05, 3.63) is 83.2 Å². The van der Waals surface area contributed by atoms with Crippen molar-refractivity contribution in [2.45, 2.75) is 32.0 Å². The minimum Gasteiger partial charge on any atom is -0.493 e. The lowest BCUT2D eigenvalue weighted by Crippen LogP contribution is -2.15. The molecule has 0 fully saturated rings. The molecule has 0 saturated carbocycles. The molecular weight excluding hydrogens is 459 g/mol. The SMILES string of the molecule is Cc1c(CNc2ccc3c(c2)OCC3CC(=O)O)cccc1-n1c(C(F)(F)F)nc2ccccc21. The Morgan fingerprint density at radius 3 is 2.74 bits per heavy atom. The predicted octanol–water partition coefficient (Wildman–Crippen LogP) is 5.92. The zero-order chi connectivity index (χ0) is 24.7. The number of carbonyl (C=O) groups is 1. The van der Waals surface area contributed by atoms with Crippen LogP contribution in [0.25, 0.3) is 16.7 Å². The van der Waals surface area contributed by atoms with E-state index < -0.39 is 18.0 Å². The van der Waals surface area contributed by atoms with Crippen LogP contribution < -0.4 is 10.1 Å². The van der Waals surface area contributed by atoms with Crippen molar-refractivity contribution in [2.24, 2.45) is 0 Å². The number of hydrogen-bond acceptors (Lipinski definition) is 4. The van der Waals surface area contributed by atoms with Crippen molar-refractivity contribution in [1.29, 1.82) is 0 Å². The maximum absolute atomic E-state index is 13.8. The average Bonchev–Trinajstić information content (AvgIpc) is 3.39. The van der Waals surface area contributed by atoms with Gasteiger partial charge in [0.15, 0.2) is 0 Å². The summed E-state index contributed by atoms with van der Waals surface area (Å²) in [4.78, 5) is 14.9. The number of alkyl halides is 3. The number of imidazole rings is 1. The molecule has 180 valence electrons. The number of halogens is 3. The Morgan fingerprint density at radius 1 is 1.17 bits per heavy atom. The third-order valence-corrected chi connectivity index (χ3v) is 6.27. The highest BCUT2D eigenvalue weighted by molar-refractivity contribution is 5.79. The second-order valence-electron chi connectivity index (χ2n) is 8.53. The standard InChI is InChI=1S/C26H22F3N3O3/c1-15-16(13-30-18-9-10-19-17(11-24(33)34)14-35-23(19)12-18)5-4-8-21(15)32-22-7-3-2-6-20(22)31-25(32)26(27,28)29/h2-10,12,17,30H,11,13-14H2,1H3,(H,33,34). The number of fused-ring (bicyclic) bond motifs is 2. The van der Waals surface area contributed by atoms with Gasteiger partial charge in [-0.3, -0.25) is 9.36 Å². The number of para-hydroxylation sites is 2. The zero-order valence-corrected chi connectivity index (χ0v) is 18.8. The van der Waals surface area contributed by atoms with Gasteiger partial charge in [-0.1, -0.05) is 30.3 Å². The third kappa shape index (κ3) is 4.29. The van der Waals surface area contributed by atoms with Gasteiger partial charge in [0.1, 0.15) is 5.75 Å². The van der Waals surface area contributed by atoms with Gasteiger partial charge in [0.05, 0.1) is 29.7 Å². The van der Waals surface area contributed by atoms with E-state index in [9.17, 15) is 18.0 Å². The van der Waals surface area contributed by atoms with Crippen LogP contribution in [0.1, 0.15) is 34.9 Å². The van der Waals surface area contributed by atoms with Crippen LogP contribution in [0.2, 0.25) is 0 Å². The fourth-order valence-electron chi connectivity index (χ4n) is 4.53. The highest BCUT2D eigenvalue weighted by Crippen LogP contribution is 2.38. The number of nitrogens with zero attached hydrogens (tertiary/aromatic N) is 2. The molecule has 2 N–H and O–H groups in total. The smallest absolute Gasteiger partial charge is 0.450 e. The summed E-state index contributed by atoms with van der Waals surface area (Å²) in [5.41, 5.74) is 4.25. The second-order valence-corrected chi connectivity index (χ2v) is 8.53. The Labute approximate surface area is 199 Å². The first-order valence-corrected chi connectivity index (χ1v) is 11.1. The molecule has 0 bridgehead atoms. The molecule has 0 amide bonds. The number of rotatable bonds is 6. The molecule has 5 rings (SSSR count). The van der Waals surface area contributed by atoms with Crippen LogP contribution in [0.15, 0.2) is 60.7 Å². The van der Waals surface area contributed by atoms with Gasteiger partial charge in [0, 0.05) is 29.8 Å². The number of nitrogens with one attached hydrogen (secondary N) is 1. The molecule has 1 atom stereocenters. The van der Waals surface area contributed by atoms with Crippen molar-refractivity contribution < 1.29 is 27.8 Å². The molecule has 6 nitrogen and oxygen atoms in total. The van der Waals surface area contributed by atoms with E-state index in [4.69, 9.17) is 9.84 Å². The molecule has 0 radical (unpaired) electrons. The van der Waals surface area contributed by atoms with Crippen LogP contribution in [0.3, 0.4) is 0 Å². The van der Waals surface area contributed by atoms with E-state index >= 15 is 0 Å². The van der Waals surface area contributed by atoms with E-state index in [0.717, 1.165) is 16.8 Å². The summed E-state index contributed by atoms with van der Waals surface area (Å²) < 4.78 is 48.3. The summed E-state index contributed by atoms with van der Waals surface area (Å²) >= 11 is 0. The molecule has 0 spiro atoms. The number of carboxylic acids is 1. The molecule has 1 aliphatic heterocycles. The first-order valence-electron chi connectivity index (χ1n) is 11.1. The van der Waals surface area contributed by atoms with Crippen LogP contribution in [0.5, 0.6) is 5.75 Å². The Morgan fingerprint density at radius 2 is 1.97 bits per heavy atom. The minimum absolute atomic E-state index is 0.00854. The van der Waals surface area contributed by atoms with Gasteiger partial charge in [-0.15, -0.1) is 0 Å². The van der Waals surface area contributed by atoms with Crippen LogP contribution >= 0.6 is 0 Å². The van der Waals surface area contributed by atoms with Crippen LogP contribution in [-0.4, -0.2) is 27.2 Å². The number of ether oxygens (including phenoxy) is 1. The topological polar surface area (TPSA) is 76.4 Å². The first kappa shape index (κ1) is 22.8. The highest BCUT2D eigenvalue weighted by Gasteiger charge is 2.38. The Balaban J connectivity index is 1.44. The molecule has 1 aliphatic rings. The van der Waals surface area contributed by atoms with Gasteiger partial charge in [0.25, 0.3) is 0 Å². The quantitative estimate of drug-likeness (QED) is 0.358. The third-order valence-electron chi connectivity index (χ3n) is 6.27. The molecule has 2 heterocycles. The number of anilines is 1. The van der Waals surface area contributed by atoms with Crippen molar-refractivity contribution >= 4 is 22.7 Å². The van der Waals surface area contributed by atoms with Gasteiger partial charge >= 0.3 is 12.1 Å². The van der Waals surface area contributed by atoms with E-state index in [1.807, 2.05) is 24.3 Å². The maximum Gasteiger partial charge on any atom is 0.450 e. The van der Waals surface area contributed by atoms with Gasteiger partial charge in [-0.2, -0.15) is 13.2 Å². The normalized spacial score (nSPS) is 15.1. The monoisotopic (exact) mass is 481 g/mol. The summed E-state index contributed by atoms with van der Waals surface area (Å²) in [6.07, 6.45) is -4.60. The highest BCUT2D eigenvalue weighted by atomic mass is 19.4. The van der Waals surface area contributed by atoms with Gasteiger partial charge < -0.3 is 15.2 Å². The number of carboxylic acid groups (broad SMARTS) is 1. The number of aromatic nitrogens is 2. The number of benzene rings is 3. The van der Waals surface area contributed by atoms with Gasteiger partial charge in [-0.05, 0) is 42.3 Å². The molecule has 35 heavy (non-hydrogen) atoms. The summed E-state index contributed by atoms with van der Waals surface area (Å²) in [7, 11) is 0. The second kappa shape index (κ2) is 8.65. The summed E-state index contributed by atoms with van der Waals surface area (Å²) in [6.45, 7) is 2.50. The van der Waals surface area contributed by atoms with Gasteiger partial charge in [0.2, 0.25) is 5.82 Å². The molecule has 1 aromatic heterocycles. The van der Waals surface area contributed by atoms with Crippen LogP contribution in [0.4, 0.5) is 18.9 Å². The Kier molecular flexibility index (Phi) is 5.62. The van der Waals surface area contributed by atoms with E-state index in [1.54, 1.807) is 43.3 Å². The number of hydrogen-bond donors (Lipinski definition) is 2. The van der Waals surface area contributed by atoms with E-state index in [2.05, 4.69) is 10.3 Å². The summed E-state index contributed by atoms with van der Waals surface area (Å²) in [5, 5.41) is 12.4. The molecule has 0 aliphatic carbocycles. The Bertz CT molecular complexity index is 1430. The van der Waals surface area contributed by atoms with Gasteiger partial charge in [-0.25, -0.2) is 4.98 Å². The fraction of sp³-hybridized carbons (Fsp3) is 0.231. The lowest BCUT2D eigenvalue weighted by atomic mass is 9.98. The van der Waals surface area contributed by atoms with Crippen molar-refractivity contribution in [2.75, 3.05) is 11.9 Å². The predicted molar refractivity (Wildman–Crippen MR) is 125 cm³/mol. The molecule has 0 saturated heterocycles. The lowest BCUT2D eigenvalue weighted by molar-refractivity contribution is -0.145.